The van der Waals surface area contributed by atoms with Gasteiger partial charge in [0.1, 0.15) is 0 Å². The van der Waals surface area contributed by atoms with E-state index in [0.717, 1.165) is 35.5 Å². The molecule has 21 heavy (non-hydrogen) atoms. The SMILES string of the molecule is CCCNCc1cc(-n2cc(Br)cn2)nc(C(C)(C)C)c1. The van der Waals surface area contributed by atoms with Crippen molar-refractivity contribution in [2.24, 2.45) is 0 Å². The van der Waals surface area contributed by atoms with Gasteiger partial charge in [-0.3, -0.25) is 0 Å². The second-order valence-corrected chi connectivity index (χ2v) is 7.16. The molecule has 2 aromatic rings. The number of halogens is 1. The number of aromatic nitrogens is 3. The van der Waals surface area contributed by atoms with Gasteiger partial charge in [-0.2, -0.15) is 5.10 Å². The molecule has 0 spiro atoms. The van der Waals surface area contributed by atoms with Gasteiger partial charge in [0.2, 0.25) is 0 Å². The summed E-state index contributed by atoms with van der Waals surface area (Å²) >= 11 is 3.43. The molecule has 2 heterocycles. The predicted octanol–water partition coefficient (Wildman–Crippen LogP) is 3.83. The number of hydrogen-bond acceptors (Lipinski definition) is 3. The van der Waals surface area contributed by atoms with Gasteiger partial charge in [0.15, 0.2) is 5.82 Å². The van der Waals surface area contributed by atoms with Crippen LogP contribution in [0.15, 0.2) is 29.0 Å². The van der Waals surface area contributed by atoms with Gasteiger partial charge in [-0.15, -0.1) is 0 Å². The van der Waals surface area contributed by atoms with Crippen LogP contribution >= 0.6 is 15.9 Å². The summed E-state index contributed by atoms with van der Waals surface area (Å²) in [4.78, 5) is 4.77. The summed E-state index contributed by atoms with van der Waals surface area (Å²) in [7, 11) is 0. The zero-order chi connectivity index (χ0) is 15.5. The van der Waals surface area contributed by atoms with Gasteiger partial charge in [0.05, 0.1) is 10.7 Å². The molecule has 0 radical (unpaired) electrons. The van der Waals surface area contributed by atoms with E-state index in [2.05, 4.69) is 66.2 Å². The molecular weight excluding hydrogens is 328 g/mol. The summed E-state index contributed by atoms with van der Waals surface area (Å²) in [5.41, 5.74) is 2.34. The third-order valence-electron chi connectivity index (χ3n) is 3.18. The molecule has 0 amide bonds. The first-order valence-corrected chi connectivity index (χ1v) is 8.12. The lowest BCUT2D eigenvalue weighted by molar-refractivity contribution is 0.563. The number of nitrogens with one attached hydrogen (secondary N) is 1. The Kier molecular flexibility index (Phi) is 5.17. The molecule has 1 N–H and O–H groups in total. The maximum atomic E-state index is 4.77. The lowest BCUT2D eigenvalue weighted by Gasteiger charge is -2.20. The molecule has 2 aromatic heterocycles. The molecule has 0 unspecified atom stereocenters. The Morgan fingerprint density at radius 2 is 2.05 bits per heavy atom. The minimum atomic E-state index is 0.0138. The van der Waals surface area contributed by atoms with Crippen LogP contribution in [0.5, 0.6) is 0 Å². The molecule has 0 aliphatic carbocycles. The van der Waals surface area contributed by atoms with E-state index in [1.54, 1.807) is 6.20 Å². The van der Waals surface area contributed by atoms with Crippen LogP contribution < -0.4 is 5.32 Å². The van der Waals surface area contributed by atoms with Crippen molar-refractivity contribution in [2.45, 2.75) is 46.1 Å². The summed E-state index contributed by atoms with van der Waals surface area (Å²) in [6.07, 6.45) is 4.84. The molecule has 0 aromatic carbocycles. The maximum absolute atomic E-state index is 4.77. The van der Waals surface area contributed by atoms with E-state index >= 15 is 0 Å². The molecule has 4 nitrogen and oxygen atoms in total. The van der Waals surface area contributed by atoms with E-state index < -0.39 is 0 Å². The zero-order valence-corrected chi connectivity index (χ0v) is 14.7. The van der Waals surface area contributed by atoms with Gasteiger partial charge in [-0.05, 0) is 46.6 Å². The van der Waals surface area contributed by atoms with Crippen molar-refractivity contribution in [3.63, 3.8) is 0 Å². The van der Waals surface area contributed by atoms with Gasteiger partial charge in [0, 0.05) is 23.9 Å². The highest BCUT2D eigenvalue weighted by Gasteiger charge is 2.18. The summed E-state index contributed by atoms with van der Waals surface area (Å²) in [5, 5.41) is 7.78. The molecule has 0 aliphatic heterocycles. The lowest BCUT2D eigenvalue weighted by atomic mass is 9.90. The van der Waals surface area contributed by atoms with Gasteiger partial charge in [-0.25, -0.2) is 9.67 Å². The Morgan fingerprint density at radius 1 is 1.29 bits per heavy atom. The molecule has 0 saturated heterocycles. The van der Waals surface area contributed by atoms with Gasteiger partial charge in [0.25, 0.3) is 0 Å². The summed E-state index contributed by atoms with van der Waals surface area (Å²) in [6.45, 7) is 10.6. The van der Waals surface area contributed by atoms with Crippen molar-refractivity contribution in [2.75, 3.05) is 6.54 Å². The summed E-state index contributed by atoms with van der Waals surface area (Å²) in [5.74, 6) is 0.862. The second-order valence-electron chi connectivity index (χ2n) is 6.25. The fraction of sp³-hybridized carbons (Fsp3) is 0.500. The van der Waals surface area contributed by atoms with E-state index in [9.17, 15) is 0 Å². The van der Waals surface area contributed by atoms with Crippen LogP contribution in [0.25, 0.3) is 5.82 Å². The third-order valence-corrected chi connectivity index (χ3v) is 3.59. The smallest absolute Gasteiger partial charge is 0.153 e. The lowest BCUT2D eigenvalue weighted by Crippen LogP contribution is -2.19. The van der Waals surface area contributed by atoms with Crippen LogP contribution in [-0.4, -0.2) is 21.3 Å². The zero-order valence-electron chi connectivity index (χ0n) is 13.2. The Hall–Kier alpha value is -1.20. The van der Waals surface area contributed by atoms with Gasteiger partial charge < -0.3 is 5.32 Å². The highest BCUT2D eigenvalue weighted by molar-refractivity contribution is 9.10. The molecule has 0 saturated carbocycles. The van der Waals surface area contributed by atoms with Crippen LogP contribution in [0.3, 0.4) is 0 Å². The van der Waals surface area contributed by atoms with Crippen LogP contribution in [0.2, 0.25) is 0 Å². The molecule has 5 heteroatoms. The van der Waals surface area contributed by atoms with E-state index in [0.29, 0.717) is 0 Å². The molecule has 0 fully saturated rings. The quantitative estimate of drug-likeness (QED) is 0.833. The third kappa shape index (κ3) is 4.38. The number of nitrogens with zero attached hydrogens (tertiary/aromatic N) is 3. The van der Waals surface area contributed by atoms with Crippen LogP contribution in [0.1, 0.15) is 45.4 Å². The Labute approximate surface area is 135 Å². The molecule has 0 bridgehead atoms. The van der Waals surface area contributed by atoms with Crippen LogP contribution in [0, 0.1) is 0 Å². The predicted molar refractivity (Wildman–Crippen MR) is 89.8 cm³/mol. The van der Waals surface area contributed by atoms with Crippen molar-refractivity contribution in [1.82, 2.24) is 20.1 Å². The Bertz CT molecular complexity index is 599. The molecular formula is C16H23BrN4. The molecule has 2 rings (SSSR count). The van der Waals surface area contributed by atoms with Crippen molar-refractivity contribution in [3.05, 3.63) is 40.3 Å². The van der Waals surface area contributed by atoms with Crippen LogP contribution in [0.4, 0.5) is 0 Å². The molecule has 0 aliphatic rings. The highest BCUT2D eigenvalue weighted by atomic mass is 79.9. The van der Waals surface area contributed by atoms with E-state index in [-0.39, 0.29) is 5.41 Å². The Morgan fingerprint density at radius 3 is 2.62 bits per heavy atom. The van der Waals surface area contributed by atoms with E-state index in [4.69, 9.17) is 4.98 Å². The minimum Gasteiger partial charge on any atom is -0.313 e. The molecule has 114 valence electrons. The molecule has 0 atom stereocenters. The average molecular weight is 351 g/mol. The monoisotopic (exact) mass is 350 g/mol. The van der Waals surface area contributed by atoms with Gasteiger partial charge in [-0.1, -0.05) is 27.7 Å². The van der Waals surface area contributed by atoms with Crippen molar-refractivity contribution in [1.29, 1.82) is 0 Å². The normalized spacial score (nSPS) is 11.9. The fourth-order valence-corrected chi connectivity index (χ4v) is 2.30. The highest BCUT2D eigenvalue weighted by Crippen LogP contribution is 2.23. The first-order valence-electron chi connectivity index (χ1n) is 7.33. The summed E-state index contributed by atoms with van der Waals surface area (Å²) < 4.78 is 2.76. The van der Waals surface area contributed by atoms with Crippen molar-refractivity contribution < 1.29 is 0 Å². The average Bonchev–Trinajstić information content (AvgIpc) is 2.84. The Balaban J connectivity index is 2.37. The number of rotatable bonds is 5. The largest absolute Gasteiger partial charge is 0.313 e. The van der Waals surface area contributed by atoms with Gasteiger partial charge >= 0.3 is 0 Å². The maximum Gasteiger partial charge on any atom is 0.153 e. The minimum absolute atomic E-state index is 0.0138. The summed E-state index contributed by atoms with van der Waals surface area (Å²) in [6, 6.07) is 4.28. The topological polar surface area (TPSA) is 42.7 Å². The van der Waals surface area contributed by atoms with Crippen molar-refractivity contribution >= 4 is 15.9 Å². The standard InChI is InChI=1S/C16H23BrN4/c1-5-6-18-9-12-7-14(16(2,3)4)20-15(8-12)21-11-13(17)10-19-21/h7-8,10-11,18H,5-6,9H2,1-4H3. The van der Waals surface area contributed by atoms with E-state index in [1.165, 1.54) is 5.56 Å². The number of pyridine rings is 1. The fourth-order valence-electron chi connectivity index (χ4n) is 2.01. The van der Waals surface area contributed by atoms with Crippen LogP contribution in [-0.2, 0) is 12.0 Å². The first kappa shape index (κ1) is 16.2. The number of hydrogen-bond donors (Lipinski definition) is 1. The van der Waals surface area contributed by atoms with Crippen molar-refractivity contribution in [3.8, 4) is 5.82 Å². The first-order chi connectivity index (χ1) is 9.90. The van der Waals surface area contributed by atoms with E-state index in [1.807, 2.05) is 10.9 Å². The second kappa shape index (κ2) is 6.71.